The summed E-state index contributed by atoms with van der Waals surface area (Å²) in [4.78, 5) is 0. The molecule has 0 aromatic carbocycles. The van der Waals surface area contributed by atoms with Crippen LogP contribution in [-0.2, 0) is 0 Å². The second-order valence-corrected chi connectivity index (χ2v) is 7.67. The molecule has 12 heavy (non-hydrogen) atoms. The topological polar surface area (TPSA) is 0 Å². The Morgan fingerprint density at radius 3 is 2.58 bits per heavy atom. The Morgan fingerprint density at radius 2 is 2.17 bits per heavy atom. The summed E-state index contributed by atoms with van der Waals surface area (Å²) in [6.07, 6.45) is 7.35. The van der Waals surface area contributed by atoms with Crippen LogP contribution >= 0.6 is 0 Å². The van der Waals surface area contributed by atoms with Crippen LogP contribution in [0, 0.1) is 5.41 Å². The number of alkyl halides is 2. The van der Waals surface area contributed by atoms with Crippen molar-refractivity contribution in [3.63, 3.8) is 0 Å². The van der Waals surface area contributed by atoms with Gasteiger partial charge < -0.3 is 0 Å². The Bertz CT molecular complexity index is 127. The summed E-state index contributed by atoms with van der Waals surface area (Å²) in [5.74, 6) is 0. The molecule has 0 spiro atoms. The maximum atomic E-state index is 2.53. The fourth-order valence-electron chi connectivity index (χ4n) is 2.20. The Hall–Kier alpha value is 0.730. The number of hydrogen-bond acceptors (Lipinski definition) is 0. The molecule has 74 valence electrons. The van der Waals surface area contributed by atoms with Crippen molar-refractivity contribution in [3.8, 4) is 0 Å². The molecular weight excluding hydrogens is 259 g/mol. The van der Waals surface area contributed by atoms with Crippen LogP contribution in [-0.4, -0.2) is 8.35 Å². The number of hydrogen-bond donors (Lipinski definition) is 0. The van der Waals surface area contributed by atoms with Gasteiger partial charge >= 0.3 is 87.8 Å². The van der Waals surface area contributed by atoms with E-state index in [4.69, 9.17) is 0 Å². The first-order valence-corrected chi connectivity index (χ1v) is 8.07. The SMILES string of the molecule is CCCC(C)(CC)C1CCC[I-]1. The van der Waals surface area contributed by atoms with Crippen LogP contribution in [0.5, 0.6) is 0 Å². The van der Waals surface area contributed by atoms with E-state index < -0.39 is 0 Å². The van der Waals surface area contributed by atoms with Crippen LogP contribution in [0.1, 0.15) is 52.9 Å². The van der Waals surface area contributed by atoms with Gasteiger partial charge in [-0.3, -0.25) is 0 Å². The predicted molar refractivity (Wildman–Crippen MR) is 51.2 cm³/mol. The van der Waals surface area contributed by atoms with Crippen LogP contribution in [0.15, 0.2) is 0 Å². The first-order chi connectivity index (χ1) is 5.73. The van der Waals surface area contributed by atoms with E-state index in [1.165, 1.54) is 25.7 Å². The summed E-state index contributed by atoms with van der Waals surface area (Å²) in [5, 5.41) is 0. The summed E-state index contributed by atoms with van der Waals surface area (Å²) in [6.45, 7) is 7.26. The van der Waals surface area contributed by atoms with Gasteiger partial charge in [-0.2, -0.15) is 0 Å². The number of halogens is 1. The van der Waals surface area contributed by atoms with Crippen LogP contribution in [0.4, 0.5) is 0 Å². The molecule has 2 atom stereocenters. The van der Waals surface area contributed by atoms with Gasteiger partial charge in [0.2, 0.25) is 0 Å². The molecule has 0 aromatic rings. The van der Waals surface area contributed by atoms with Gasteiger partial charge in [-0.1, -0.05) is 0 Å². The third-order valence-electron chi connectivity index (χ3n) is 3.27. The first-order valence-electron chi connectivity index (χ1n) is 5.30. The second-order valence-electron chi connectivity index (χ2n) is 4.21. The van der Waals surface area contributed by atoms with Gasteiger partial charge in [0.1, 0.15) is 0 Å². The van der Waals surface area contributed by atoms with Gasteiger partial charge in [0.25, 0.3) is 0 Å². The van der Waals surface area contributed by atoms with Crippen LogP contribution in [0.3, 0.4) is 0 Å². The molecule has 1 heterocycles. The van der Waals surface area contributed by atoms with Crippen molar-refractivity contribution < 1.29 is 21.2 Å². The Kier molecular flexibility index (Phi) is 4.35. The van der Waals surface area contributed by atoms with Crippen molar-refractivity contribution in [3.05, 3.63) is 0 Å². The zero-order valence-corrected chi connectivity index (χ0v) is 10.9. The average Bonchev–Trinajstić information content (AvgIpc) is 2.57. The van der Waals surface area contributed by atoms with E-state index in [9.17, 15) is 0 Å². The first kappa shape index (κ1) is 10.8. The third-order valence-corrected chi connectivity index (χ3v) is 7.85. The predicted octanol–water partition coefficient (Wildman–Crippen LogP) is 0.454. The molecule has 0 aromatic heterocycles. The van der Waals surface area contributed by atoms with Crippen molar-refractivity contribution in [2.24, 2.45) is 5.41 Å². The molecule has 1 heteroatoms. The Balaban J connectivity index is 2.51. The standard InChI is InChI=1S/C11H22I/c1-4-8-11(3,5-2)10-7-6-9-12-10/h10H,4-9H2,1-3H3/q-1. The van der Waals surface area contributed by atoms with Crippen LogP contribution in [0.2, 0.25) is 0 Å². The van der Waals surface area contributed by atoms with Crippen LogP contribution < -0.4 is 21.2 Å². The van der Waals surface area contributed by atoms with Crippen LogP contribution in [0.25, 0.3) is 0 Å². The zero-order valence-electron chi connectivity index (χ0n) is 8.70. The quantitative estimate of drug-likeness (QED) is 0.518. The van der Waals surface area contributed by atoms with Gasteiger partial charge in [-0.25, -0.2) is 0 Å². The summed E-state index contributed by atoms with van der Waals surface area (Å²) in [5.41, 5.74) is 0.721. The Morgan fingerprint density at radius 1 is 1.42 bits per heavy atom. The van der Waals surface area contributed by atoms with Crippen molar-refractivity contribution in [2.75, 3.05) is 4.43 Å². The minimum atomic E-state index is 0.568. The Labute approximate surface area is 87.8 Å². The van der Waals surface area contributed by atoms with Gasteiger partial charge in [0, 0.05) is 0 Å². The second kappa shape index (κ2) is 4.83. The molecule has 1 aliphatic rings. The third kappa shape index (κ3) is 2.36. The summed E-state index contributed by atoms with van der Waals surface area (Å²) >= 11 is 0.568. The molecule has 1 aliphatic heterocycles. The van der Waals surface area contributed by atoms with Crippen molar-refractivity contribution in [2.45, 2.75) is 56.8 Å². The molecule has 2 unspecified atom stereocenters. The fourth-order valence-corrected chi connectivity index (χ4v) is 6.53. The van der Waals surface area contributed by atoms with E-state index in [-0.39, 0.29) is 0 Å². The van der Waals surface area contributed by atoms with E-state index in [1.807, 2.05) is 0 Å². The molecule has 0 saturated carbocycles. The zero-order chi connectivity index (χ0) is 9.03. The van der Waals surface area contributed by atoms with E-state index in [0.717, 1.165) is 9.34 Å². The summed E-state index contributed by atoms with van der Waals surface area (Å²) in [7, 11) is 0. The molecule has 1 fully saturated rings. The maximum absolute atomic E-state index is 2.53. The molecule has 1 rings (SSSR count). The van der Waals surface area contributed by atoms with Crippen molar-refractivity contribution in [1.82, 2.24) is 0 Å². The van der Waals surface area contributed by atoms with Crippen molar-refractivity contribution >= 4 is 0 Å². The molecule has 1 saturated heterocycles. The monoisotopic (exact) mass is 281 g/mol. The molecule has 0 amide bonds. The average molecular weight is 281 g/mol. The molecular formula is C11H22I-. The van der Waals surface area contributed by atoms with E-state index in [0.29, 0.717) is 21.2 Å². The van der Waals surface area contributed by atoms with Gasteiger partial charge in [0.05, 0.1) is 0 Å². The summed E-state index contributed by atoms with van der Waals surface area (Å²) in [6, 6.07) is 0. The van der Waals surface area contributed by atoms with E-state index in [1.54, 1.807) is 10.8 Å². The summed E-state index contributed by atoms with van der Waals surface area (Å²) < 4.78 is 2.75. The molecule has 0 radical (unpaired) electrons. The minimum absolute atomic E-state index is 0.568. The van der Waals surface area contributed by atoms with Gasteiger partial charge in [0.15, 0.2) is 0 Å². The molecule has 0 bridgehead atoms. The fraction of sp³-hybridized carbons (Fsp3) is 1.00. The van der Waals surface area contributed by atoms with Crippen molar-refractivity contribution in [1.29, 1.82) is 0 Å². The molecule has 0 N–H and O–H groups in total. The molecule has 0 nitrogen and oxygen atoms in total. The van der Waals surface area contributed by atoms with E-state index >= 15 is 0 Å². The normalized spacial score (nSPS) is 29.4. The van der Waals surface area contributed by atoms with Gasteiger partial charge in [-0.05, 0) is 0 Å². The van der Waals surface area contributed by atoms with Gasteiger partial charge in [-0.15, -0.1) is 0 Å². The molecule has 0 aliphatic carbocycles. The van der Waals surface area contributed by atoms with E-state index in [2.05, 4.69) is 20.8 Å². The number of rotatable bonds is 4.